The predicted molar refractivity (Wildman–Crippen MR) is 79.1 cm³/mol. The van der Waals surface area contributed by atoms with E-state index in [1.54, 1.807) is 10.9 Å². The summed E-state index contributed by atoms with van der Waals surface area (Å²) in [5, 5.41) is 4.18. The van der Waals surface area contributed by atoms with Gasteiger partial charge in [-0.2, -0.15) is 5.10 Å². The number of H-pyrrole nitrogens is 1. The molecule has 6 nitrogen and oxygen atoms in total. The van der Waals surface area contributed by atoms with Crippen LogP contribution in [-0.4, -0.2) is 43.6 Å². The van der Waals surface area contributed by atoms with Gasteiger partial charge in [0.25, 0.3) is 5.91 Å². The summed E-state index contributed by atoms with van der Waals surface area (Å²) in [4.78, 5) is 22.2. The highest BCUT2D eigenvalue weighted by molar-refractivity contribution is 5.93. The van der Waals surface area contributed by atoms with Crippen LogP contribution < -0.4 is 0 Å². The highest BCUT2D eigenvalue weighted by atomic mass is 16.2. The van der Waals surface area contributed by atoms with E-state index in [1.165, 1.54) is 0 Å². The van der Waals surface area contributed by atoms with Crippen molar-refractivity contribution >= 4 is 5.91 Å². The molecule has 1 fully saturated rings. The van der Waals surface area contributed by atoms with Gasteiger partial charge in [-0.05, 0) is 26.7 Å². The van der Waals surface area contributed by atoms with E-state index in [-0.39, 0.29) is 5.91 Å². The summed E-state index contributed by atoms with van der Waals surface area (Å²) in [6.45, 7) is 6.33. The summed E-state index contributed by atoms with van der Waals surface area (Å²) in [5.41, 5.74) is 1.74. The van der Waals surface area contributed by atoms with Gasteiger partial charge in [0.2, 0.25) is 0 Å². The Hall–Kier alpha value is -2.11. The van der Waals surface area contributed by atoms with E-state index >= 15 is 0 Å². The van der Waals surface area contributed by atoms with Crippen molar-refractivity contribution in [2.45, 2.75) is 39.2 Å². The standard InChI is InChI=1S/C15H21N5O/c1-3-20-10-13(8-17-20)15(21)19-6-4-5-12(9-19)14-16-7-11(2)18-14/h7-8,10,12H,3-6,9H2,1-2H3,(H,16,18)/t12-/m0/s1. The normalized spacial score (nSPS) is 19.0. The molecule has 1 aliphatic heterocycles. The largest absolute Gasteiger partial charge is 0.346 e. The van der Waals surface area contributed by atoms with E-state index in [1.807, 2.05) is 31.1 Å². The molecule has 2 aromatic heterocycles. The third-order valence-electron chi connectivity index (χ3n) is 4.02. The molecule has 1 atom stereocenters. The molecule has 0 bridgehead atoms. The Labute approximate surface area is 124 Å². The van der Waals surface area contributed by atoms with Gasteiger partial charge in [0, 0.05) is 43.6 Å². The fourth-order valence-corrected chi connectivity index (χ4v) is 2.85. The minimum Gasteiger partial charge on any atom is -0.346 e. The highest BCUT2D eigenvalue weighted by Crippen LogP contribution is 2.25. The van der Waals surface area contributed by atoms with Crippen molar-refractivity contribution in [3.63, 3.8) is 0 Å². The van der Waals surface area contributed by atoms with Crippen LogP contribution in [0.25, 0.3) is 0 Å². The van der Waals surface area contributed by atoms with Crippen LogP contribution in [0, 0.1) is 6.92 Å². The van der Waals surface area contributed by atoms with Crippen LogP contribution in [0.4, 0.5) is 0 Å². The molecule has 0 unspecified atom stereocenters. The Balaban J connectivity index is 1.72. The Morgan fingerprint density at radius 3 is 3.00 bits per heavy atom. The second kappa shape index (κ2) is 5.71. The van der Waals surface area contributed by atoms with Gasteiger partial charge >= 0.3 is 0 Å². The number of amides is 1. The zero-order chi connectivity index (χ0) is 14.8. The van der Waals surface area contributed by atoms with E-state index in [9.17, 15) is 4.79 Å². The molecule has 3 heterocycles. The Morgan fingerprint density at radius 1 is 1.48 bits per heavy atom. The first kappa shape index (κ1) is 13.9. The van der Waals surface area contributed by atoms with Crippen LogP contribution in [-0.2, 0) is 6.54 Å². The zero-order valence-electron chi connectivity index (χ0n) is 12.5. The van der Waals surface area contributed by atoms with E-state index < -0.39 is 0 Å². The first-order chi connectivity index (χ1) is 10.2. The molecule has 2 aromatic rings. The van der Waals surface area contributed by atoms with Crippen molar-refractivity contribution in [1.82, 2.24) is 24.6 Å². The molecule has 0 aliphatic carbocycles. The molecular weight excluding hydrogens is 266 g/mol. The molecule has 112 valence electrons. The van der Waals surface area contributed by atoms with Crippen molar-refractivity contribution in [2.24, 2.45) is 0 Å². The number of nitrogens with zero attached hydrogens (tertiary/aromatic N) is 4. The Bertz CT molecular complexity index is 630. The zero-order valence-corrected chi connectivity index (χ0v) is 12.5. The molecule has 0 spiro atoms. The summed E-state index contributed by atoms with van der Waals surface area (Å²) >= 11 is 0. The molecule has 6 heteroatoms. The molecule has 1 amide bonds. The average Bonchev–Trinajstić information content (AvgIpc) is 3.15. The highest BCUT2D eigenvalue weighted by Gasteiger charge is 2.27. The molecule has 1 saturated heterocycles. The lowest BCUT2D eigenvalue weighted by atomic mass is 9.97. The predicted octanol–water partition coefficient (Wildman–Crippen LogP) is 1.95. The molecule has 3 rings (SSSR count). The van der Waals surface area contributed by atoms with E-state index in [0.717, 1.165) is 44.0 Å². The van der Waals surface area contributed by atoms with Gasteiger partial charge in [-0.1, -0.05) is 0 Å². The fourth-order valence-electron chi connectivity index (χ4n) is 2.85. The number of imidazole rings is 1. The van der Waals surface area contributed by atoms with Gasteiger partial charge in [0.05, 0.1) is 11.8 Å². The van der Waals surface area contributed by atoms with Gasteiger partial charge in [-0.3, -0.25) is 9.48 Å². The van der Waals surface area contributed by atoms with E-state index in [2.05, 4.69) is 15.1 Å². The number of hydrogen-bond acceptors (Lipinski definition) is 3. The SMILES string of the molecule is CCn1cc(C(=O)N2CCC[C@H](c3ncc(C)[nH]3)C2)cn1. The summed E-state index contributed by atoms with van der Waals surface area (Å²) in [5.74, 6) is 1.37. The van der Waals surface area contributed by atoms with Crippen LogP contribution in [0.15, 0.2) is 18.6 Å². The average molecular weight is 287 g/mol. The van der Waals surface area contributed by atoms with Crippen LogP contribution >= 0.6 is 0 Å². The maximum absolute atomic E-state index is 12.6. The monoisotopic (exact) mass is 287 g/mol. The summed E-state index contributed by atoms with van der Waals surface area (Å²) < 4.78 is 1.78. The van der Waals surface area contributed by atoms with Crippen molar-refractivity contribution < 1.29 is 4.79 Å². The quantitative estimate of drug-likeness (QED) is 0.938. The third-order valence-corrected chi connectivity index (χ3v) is 4.02. The minimum absolute atomic E-state index is 0.0719. The minimum atomic E-state index is 0.0719. The van der Waals surface area contributed by atoms with Crippen molar-refractivity contribution in [2.75, 3.05) is 13.1 Å². The van der Waals surface area contributed by atoms with Gasteiger partial charge in [-0.15, -0.1) is 0 Å². The number of aromatic nitrogens is 4. The van der Waals surface area contributed by atoms with Gasteiger partial charge in [0.1, 0.15) is 5.82 Å². The van der Waals surface area contributed by atoms with Crippen molar-refractivity contribution in [1.29, 1.82) is 0 Å². The first-order valence-electron chi connectivity index (χ1n) is 7.50. The summed E-state index contributed by atoms with van der Waals surface area (Å²) in [6, 6.07) is 0. The molecule has 0 saturated carbocycles. The number of rotatable bonds is 3. The second-order valence-corrected chi connectivity index (χ2v) is 5.63. The number of piperidine rings is 1. The van der Waals surface area contributed by atoms with Crippen LogP contribution in [0.3, 0.4) is 0 Å². The maximum atomic E-state index is 12.6. The topological polar surface area (TPSA) is 66.8 Å². The third kappa shape index (κ3) is 2.84. The van der Waals surface area contributed by atoms with Crippen LogP contribution in [0.2, 0.25) is 0 Å². The van der Waals surface area contributed by atoms with Gasteiger partial charge in [0.15, 0.2) is 0 Å². The van der Waals surface area contributed by atoms with Crippen molar-refractivity contribution in [3.8, 4) is 0 Å². The lowest BCUT2D eigenvalue weighted by molar-refractivity contribution is 0.0704. The number of likely N-dealkylation sites (tertiary alicyclic amines) is 1. The van der Waals surface area contributed by atoms with Crippen LogP contribution in [0.5, 0.6) is 0 Å². The lowest BCUT2D eigenvalue weighted by Crippen LogP contribution is -2.39. The molecule has 0 radical (unpaired) electrons. The number of hydrogen-bond donors (Lipinski definition) is 1. The Morgan fingerprint density at radius 2 is 2.33 bits per heavy atom. The lowest BCUT2D eigenvalue weighted by Gasteiger charge is -2.31. The van der Waals surface area contributed by atoms with Gasteiger partial charge < -0.3 is 9.88 Å². The molecular formula is C15H21N5O. The van der Waals surface area contributed by atoms with Crippen molar-refractivity contribution in [3.05, 3.63) is 35.7 Å². The number of carbonyl (C=O) groups excluding carboxylic acids is 1. The number of aryl methyl sites for hydroxylation is 2. The van der Waals surface area contributed by atoms with E-state index in [0.29, 0.717) is 11.5 Å². The molecule has 21 heavy (non-hydrogen) atoms. The second-order valence-electron chi connectivity index (χ2n) is 5.63. The number of aromatic amines is 1. The summed E-state index contributed by atoms with van der Waals surface area (Å²) in [6.07, 6.45) is 7.42. The molecule has 1 N–H and O–H groups in total. The smallest absolute Gasteiger partial charge is 0.257 e. The van der Waals surface area contributed by atoms with Gasteiger partial charge in [-0.25, -0.2) is 4.98 Å². The molecule has 0 aromatic carbocycles. The fraction of sp³-hybridized carbons (Fsp3) is 0.533. The number of carbonyl (C=O) groups is 1. The Kier molecular flexibility index (Phi) is 3.77. The number of nitrogens with one attached hydrogen (secondary N) is 1. The summed E-state index contributed by atoms with van der Waals surface area (Å²) in [7, 11) is 0. The molecule has 1 aliphatic rings. The van der Waals surface area contributed by atoms with Crippen LogP contribution in [0.1, 0.15) is 47.6 Å². The first-order valence-corrected chi connectivity index (χ1v) is 7.50. The maximum Gasteiger partial charge on any atom is 0.257 e. The van der Waals surface area contributed by atoms with E-state index in [4.69, 9.17) is 0 Å².